The number of hydrogen-bond acceptors (Lipinski definition) is 5. The SMILES string of the molecule is CCOc1ccc(-c2cc3c(Nc4ccc5[nH]ccc5c4C)c(C#N)cnc3s2)cc1. The van der Waals surface area contributed by atoms with Crippen LogP contribution in [0.1, 0.15) is 18.1 Å². The molecule has 5 rings (SSSR count). The molecule has 0 radical (unpaired) electrons. The summed E-state index contributed by atoms with van der Waals surface area (Å²) in [4.78, 5) is 9.77. The Hall–Kier alpha value is -3.82. The summed E-state index contributed by atoms with van der Waals surface area (Å²) in [6.45, 7) is 4.70. The van der Waals surface area contributed by atoms with E-state index in [9.17, 15) is 5.26 Å². The van der Waals surface area contributed by atoms with Crippen LogP contribution in [0, 0.1) is 18.3 Å². The third-order valence-corrected chi connectivity index (χ3v) is 6.49. The van der Waals surface area contributed by atoms with E-state index >= 15 is 0 Å². The molecule has 2 N–H and O–H groups in total. The Morgan fingerprint density at radius 2 is 1.97 bits per heavy atom. The van der Waals surface area contributed by atoms with Gasteiger partial charge in [0, 0.05) is 39.2 Å². The number of pyridine rings is 1. The maximum atomic E-state index is 9.72. The first-order chi connectivity index (χ1) is 15.2. The van der Waals surface area contributed by atoms with Gasteiger partial charge in [0.2, 0.25) is 0 Å². The van der Waals surface area contributed by atoms with Crippen LogP contribution in [-0.4, -0.2) is 16.6 Å². The minimum absolute atomic E-state index is 0.525. The monoisotopic (exact) mass is 424 g/mol. The highest BCUT2D eigenvalue weighted by atomic mass is 32.1. The Bertz CT molecular complexity index is 1440. The Labute approximate surface area is 183 Å². The van der Waals surface area contributed by atoms with Gasteiger partial charge in [-0.15, -0.1) is 11.3 Å². The highest BCUT2D eigenvalue weighted by molar-refractivity contribution is 7.21. The van der Waals surface area contributed by atoms with Gasteiger partial charge in [0.25, 0.3) is 0 Å². The molecule has 31 heavy (non-hydrogen) atoms. The molecule has 0 atom stereocenters. The van der Waals surface area contributed by atoms with E-state index in [1.807, 2.05) is 37.4 Å². The van der Waals surface area contributed by atoms with E-state index < -0.39 is 0 Å². The number of nitriles is 1. The molecule has 0 aliphatic carbocycles. The van der Waals surface area contributed by atoms with Crippen molar-refractivity contribution in [2.45, 2.75) is 13.8 Å². The van der Waals surface area contributed by atoms with Crippen LogP contribution < -0.4 is 10.1 Å². The van der Waals surface area contributed by atoms with Gasteiger partial charge in [0.1, 0.15) is 16.6 Å². The number of rotatable bonds is 5. The van der Waals surface area contributed by atoms with Crippen LogP contribution in [0.25, 0.3) is 31.6 Å². The molecule has 0 saturated heterocycles. The quantitative estimate of drug-likeness (QED) is 0.327. The maximum absolute atomic E-state index is 9.72. The van der Waals surface area contributed by atoms with Crippen molar-refractivity contribution >= 4 is 43.8 Å². The van der Waals surface area contributed by atoms with Gasteiger partial charge in [-0.05, 0) is 73.5 Å². The molecule has 5 aromatic rings. The van der Waals surface area contributed by atoms with Gasteiger partial charge in [-0.2, -0.15) is 5.26 Å². The zero-order valence-electron chi connectivity index (χ0n) is 17.2. The lowest BCUT2D eigenvalue weighted by Crippen LogP contribution is -1.97. The highest BCUT2D eigenvalue weighted by Crippen LogP contribution is 2.39. The third kappa shape index (κ3) is 3.39. The van der Waals surface area contributed by atoms with Crippen molar-refractivity contribution < 1.29 is 4.74 Å². The van der Waals surface area contributed by atoms with E-state index in [0.717, 1.165) is 54.2 Å². The Kier molecular flexibility index (Phi) is 4.81. The van der Waals surface area contributed by atoms with Gasteiger partial charge in [-0.1, -0.05) is 0 Å². The molecular weight excluding hydrogens is 404 g/mol. The minimum Gasteiger partial charge on any atom is -0.494 e. The van der Waals surface area contributed by atoms with Gasteiger partial charge in [0.05, 0.1) is 17.9 Å². The van der Waals surface area contributed by atoms with Gasteiger partial charge < -0.3 is 15.0 Å². The number of nitrogens with one attached hydrogen (secondary N) is 2. The summed E-state index contributed by atoms with van der Waals surface area (Å²) >= 11 is 1.62. The van der Waals surface area contributed by atoms with E-state index in [0.29, 0.717) is 12.2 Å². The van der Waals surface area contributed by atoms with Gasteiger partial charge in [0.15, 0.2) is 0 Å². The zero-order chi connectivity index (χ0) is 21.4. The van der Waals surface area contributed by atoms with Crippen LogP contribution in [0.4, 0.5) is 11.4 Å². The van der Waals surface area contributed by atoms with Crippen LogP contribution in [-0.2, 0) is 0 Å². The van der Waals surface area contributed by atoms with E-state index in [1.165, 1.54) is 0 Å². The molecule has 0 saturated carbocycles. The molecule has 0 aliphatic rings. The number of aryl methyl sites for hydroxylation is 1. The highest BCUT2D eigenvalue weighted by Gasteiger charge is 2.15. The average molecular weight is 425 g/mol. The van der Waals surface area contributed by atoms with Gasteiger partial charge in [-0.3, -0.25) is 0 Å². The van der Waals surface area contributed by atoms with Crippen LogP contribution >= 0.6 is 11.3 Å². The summed E-state index contributed by atoms with van der Waals surface area (Å²) in [5, 5.41) is 15.3. The molecule has 0 fully saturated rings. The fourth-order valence-electron chi connectivity index (χ4n) is 3.79. The fourth-order valence-corrected chi connectivity index (χ4v) is 4.80. The number of H-pyrrole nitrogens is 1. The second kappa shape index (κ2) is 7.78. The average Bonchev–Trinajstić information content (AvgIpc) is 3.44. The first kappa shape index (κ1) is 19.2. The maximum Gasteiger partial charge on any atom is 0.126 e. The summed E-state index contributed by atoms with van der Waals surface area (Å²) < 4.78 is 5.55. The molecule has 0 amide bonds. The molecule has 5 nitrogen and oxygen atoms in total. The number of aromatic amines is 1. The molecule has 0 bridgehead atoms. The summed E-state index contributed by atoms with van der Waals surface area (Å²) in [7, 11) is 0. The first-order valence-corrected chi connectivity index (χ1v) is 10.9. The standard InChI is InChI=1S/C25H20N4OS/c1-3-30-18-6-4-16(5-7-18)23-12-20-24(17(13-26)14-28-25(20)31-23)29-21-8-9-22-19(15(21)2)10-11-27-22/h4-12,14,27H,3H2,1-2H3,(H,28,29). The number of anilines is 2. The summed E-state index contributed by atoms with van der Waals surface area (Å²) in [5.41, 5.74) is 5.62. The van der Waals surface area contributed by atoms with Crippen molar-refractivity contribution in [2.24, 2.45) is 0 Å². The molecule has 3 heterocycles. The second-order valence-electron chi connectivity index (χ2n) is 7.25. The molecule has 0 spiro atoms. The normalized spacial score (nSPS) is 11.0. The van der Waals surface area contributed by atoms with Crippen molar-refractivity contribution in [1.29, 1.82) is 5.26 Å². The van der Waals surface area contributed by atoms with Crippen LogP contribution in [0.2, 0.25) is 0 Å². The second-order valence-corrected chi connectivity index (χ2v) is 8.28. The zero-order valence-corrected chi connectivity index (χ0v) is 18.0. The lowest BCUT2D eigenvalue weighted by atomic mass is 10.1. The lowest BCUT2D eigenvalue weighted by molar-refractivity contribution is 0.340. The van der Waals surface area contributed by atoms with Crippen LogP contribution in [0.5, 0.6) is 5.75 Å². The molecular formula is C25H20N4OS. The summed E-state index contributed by atoms with van der Waals surface area (Å²) in [5.74, 6) is 0.857. The van der Waals surface area contributed by atoms with E-state index in [-0.39, 0.29) is 0 Å². The molecule has 152 valence electrons. The fraction of sp³-hybridized carbons (Fsp3) is 0.120. The smallest absolute Gasteiger partial charge is 0.126 e. The largest absolute Gasteiger partial charge is 0.494 e. The predicted octanol–water partition coefficient (Wildman–Crippen LogP) is 6.77. The Morgan fingerprint density at radius 1 is 1.13 bits per heavy atom. The van der Waals surface area contributed by atoms with Crippen molar-refractivity contribution in [1.82, 2.24) is 9.97 Å². The van der Waals surface area contributed by atoms with Gasteiger partial charge in [-0.25, -0.2) is 4.98 Å². The Morgan fingerprint density at radius 3 is 2.74 bits per heavy atom. The van der Waals surface area contributed by atoms with E-state index in [4.69, 9.17) is 4.74 Å². The first-order valence-electron chi connectivity index (χ1n) is 10.1. The van der Waals surface area contributed by atoms with Crippen molar-refractivity contribution in [2.75, 3.05) is 11.9 Å². The molecule has 2 aromatic carbocycles. The van der Waals surface area contributed by atoms with Gasteiger partial charge >= 0.3 is 0 Å². The van der Waals surface area contributed by atoms with E-state index in [1.54, 1.807) is 17.5 Å². The number of thiophene rings is 1. The summed E-state index contributed by atoms with van der Waals surface area (Å²) in [6.07, 6.45) is 3.59. The number of nitrogens with zero attached hydrogens (tertiary/aromatic N) is 2. The number of benzene rings is 2. The van der Waals surface area contributed by atoms with Crippen molar-refractivity contribution in [3.63, 3.8) is 0 Å². The van der Waals surface area contributed by atoms with Crippen LogP contribution in [0.3, 0.4) is 0 Å². The third-order valence-electron chi connectivity index (χ3n) is 5.40. The molecule has 3 aromatic heterocycles. The lowest BCUT2D eigenvalue weighted by Gasteiger charge is -2.12. The Balaban J connectivity index is 1.59. The molecule has 6 heteroatoms. The predicted molar refractivity (Wildman–Crippen MR) is 127 cm³/mol. The van der Waals surface area contributed by atoms with E-state index in [2.05, 4.69) is 52.5 Å². The van der Waals surface area contributed by atoms with Crippen LogP contribution in [0.15, 0.2) is 60.9 Å². The minimum atomic E-state index is 0.525. The molecule has 0 unspecified atom stereocenters. The molecule has 0 aliphatic heterocycles. The summed E-state index contributed by atoms with van der Waals surface area (Å²) in [6, 6.07) is 18.6. The number of hydrogen-bond donors (Lipinski definition) is 2. The number of aromatic nitrogens is 2. The van der Waals surface area contributed by atoms with Crippen molar-refractivity contribution in [3.05, 3.63) is 72.1 Å². The van der Waals surface area contributed by atoms with Crippen molar-refractivity contribution in [3.8, 4) is 22.3 Å². The number of fused-ring (bicyclic) bond motifs is 2. The topological polar surface area (TPSA) is 73.7 Å². The number of ether oxygens (including phenoxy) is 1.